The topological polar surface area (TPSA) is 24.1 Å². The van der Waals surface area contributed by atoms with Gasteiger partial charge in [0.2, 0.25) is 0 Å². The zero-order chi connectivity index (χ0) is 11.0. The molecule has 2 nitrogen and oxygen atoms in total. The van der Waals surface area contributed by atoms with Gasteiger partial charge in [-0.2, -0.15) is 23.5 Å². The molecule has 0 saturated carbocycles. The molecule has 0 aliphatic carbocycles. The van der Waals surface area contributed by atoms with Crippen molar-refractivity contribution in [3.63, 3.8) is 0 Å². The summed E-state index contributed by atoms with van der Waals surface area (Å²) in [7, 11) is 0. The molecule has 15 heavy (non-hydrogen) atoms. The van der Waals surface area contributed by atoms with Crippen LogP contribution in [0.5, 0.6) is 0 Å². The fraction of sp³-hybridized carbons (Fsp3) is 1.00. The monoisotopic (exact) mass is 248 g/mol. The van der Waals surface area contributed by atoms with Crippen molar-refractivity contribution in [1.82, 2.24) is 10.6 Å². The van der Waals surface area contributed by atoms with E-state index in [2.05, 4.69) is 36.2 Å². The van der Waals surface area contributed by atoms with Gasteiger partial charge in [-0.05, 0) is 11.2 Å². The summed E-state index contributed by atoms with van der Waals surface area (Å²) in [5.74, 6) is 4.99. The molecule has 0 unspecified atom stereocenters. The Morgan fingerprint density at radius 1 is 0.867 bits per heavy atom. The lowest BCUT2D eigenvalue weighted by molar-refractivity contribution is 0.394. The Kier molecular flexibility index (Phi) is 7.14. The summed E-state index contributed by atoms with van der Waals surface area (Å²) >= 11 is 4.12. The molecule has 4 heteroatoms. The molecule has 0 aromatic rings. The molecule has 1 aliphatic heterocycles. The Morgan fingerprint density at radius 2 is 1.47 bits per heavy atom. The lowest BCUT2D eigenvalue weighted by Gasteiger charge is -2.24. The van der Waals surface area contributed by atoms with Crippen LogP contribution < -0.4 is 10.6 Å². The van der Waals surface area contributed by atoms with Crippen LogP contribution in [0.2, 0.25) is 0 Å². The smallest absolute Gasteiger partial charge is 0.00585 e. The quantitative estimate of drug-likeness (QED) is 0.681. The van der Waals surface area contributed by atoms with Gasteiger partial charge in [-0.1, -0.05) is 13.8 Å². The molecule has 0 aromatic carbocycles. The van der Waals surface area contributed by atoms with Gasteiger partial charge in [0.05, 0.1) is 0 Å². The van der Waals surface area contributed by atoms with Crippen molar-refractivity contribution in [3.05, 3.63) is 0 Å². The molecule has 1 aliphatic rings. The second-order valence-electron chi connectivity index (χ2n) is 4.76. The highest BCUT2D eigenvalue weighted by Crippen LogP contribution is 2.20. The van der Waals surface area contributed by atoms with Crippen LogP contribution in [0.3, 0.4) is 0 Å². The first-order valence-electron chi connectivity index (χ1n) is 5.78. The van der Waals surface area contributed by atoms with E-state index in [-0.39, 0.29) is 0 Å². The summed E-state index contributed by atoms with van der Waals surface area (Å²) in [6, 6.07) is 0. The van der Waals surface area contributed by atoms with Gasteiger partial charge in [-0.25, -0.2) is 0 Å². The summed E-state index contributed by atoms with van der Waals surface area (Å²) in [5, 5.41) is 7.05. The number of nitrogens with one attached hydrogen (secondary N) is 2. The van der Waals surface area contributed by atoms with E-state index < -0.39 is 0 Å². The minimum absolute atomic E-state index is 0.434. The molecule has 0 aromatic heterocycles. The minimum Gasteiger partial charge on any atom is -0.315 e. The van der Waals surface area contributed by atoms with Gasteiger partial charge in [-0.3, -0.25) is 0 Å². The summed E-state index contributed by atoms with van der Waals surface area (Å²) in [5.41, 5.74) is 0.434. The summed E-state index contributed by atoms with van der Waals surface area (Å²) < 4.78 is 0. The molecular formula is C11H24N2S2. The normalized spacial score (nSPS) is 26.0. The third kappa shape index (κ3) is 7.50. The fourth-order valence-corrected chi connectivity index (χ4v) is 3.36. The highest BCUT2D eigenvalue weighted by atomic mass is 32.2. The average Bonchev–Trinajstić information content (AvgIpc) is 2.20. The van der Waals surface area contributed by atoms with Gasteiger partial charge in [0.1, 0.15) is 0 Å². The van der Waals surface area contributed by atoms with Crippen molar-refractivity contribution < 1.29 is 0 Å². The van der Waals surface area contributed by atoms with Gasteiger partial charge in [0.15, 0.2) is 0 Å². The first kappa shape index (κ1) is 13.7. The number of thioether (sulfide) groups is 2. The Hall–Kier alpha value is 0.620. The van der Waals surface area contributed by atoms with Gasteiger partial charge in [-0.15, -0.1) is 0 Å². The zero-order valence-electron chi connectivity index (χ0n) is 9.97. The Balaban J connectivity index is 2.24. The summed E-state index contributed by atoms with van der Waals surface area (Å²) in [4.78, 5) is 0. The highest BCUT2D eigenvalue weighted by molar-refractivity contribution is 7.99. The highest BCUT2D eigenvalue weighted by Gasteiger charge is 2.16. The molecule has 0 bridgehead atoms. The van der Waals surface area contributed by atoms with Gasteiger partial charge in [0.25, 0.3) is 0 Å². The molecule has 0 spiro atoms. The van der Waals surface area contributed by atoms with Crippen molar-refractivity contribution in [2.24, 2.45) is 5.41 Å². The van der Waals surface area contributed by atoms with Crippen LogP contribution in [0.25, 0.3) is 0 Å². The maximum atomic E-state index is 3.56. The van der Waals surface area contributed by atoms with E-state index in [4.69, 9.17) is 0 Å². The van der Waals surface area contributed by atoms with E-state index in [0.29, 0.717) is 5.41 Å². The van der Waals surface area contributed by atoms with Crippen molar-refractivity contribution in [1.29, 1.82) is 0 Å². The predicted octanol–water partition coefficient (Wildman–Crippen LogP) is 1.67. The molecule has 1 heterocycles. The SMILES string of the molecule is CC1(C)CNCCSCCNCCSC1. The molecule has 1 fully saturated rings. The van der Waals surface area contributed by atoms with Gasteiger partial charge in [0, 0.05) is 43.4 Å². The van der Waals surface area contributed by atoms with Crippen LogP contribution in [0.15, 0.2) is 0 Å². The lowest BCUT2D eigenvalue weighted by Crippen LogP contribution is -2.32. The summed E-state index contributed by atoms with van der Waals surface area (Å²) in [6.07, 6.45) is 0. The van der Waals surface area contributed by atoms with Crippen molar-refractivity contribution in [3.8, 4) is 0 Å². The Bertz CT molecular complexity index is 147. The summed E-state index contributed by atoms with van der Waals surface area (Å²) in [6.45, 7) is 9.33. The molecule has 90 valence electrons. The predicted molar refractivity (Wildman–Crippen MR) is 74.2 cm³/mol. The molecule has 2 N–H and O–H groups in total. The second kappa shape index (κ2) is 7.82. The van der Waals surface area contributed by atoms with Crippen molar-refractivity contribution >= 4 is 23.5 Å². The number of rotatable bonds is 0. The molecule has 0 atom stereocenters. The maximum Gasteiger partial charge on any atom is 0.00585 e. The largest absolute Gasteiger partial charge is 0.315 e. The first-order chi connectivity index (χ1) is 7.21. The maximum absolute atomic E-state index is 3.56. The third-order valence-electron chi connectivity index (χ3n) is 2.37. The van der Waals surface area contributed by atoms with Crippen LogP contribution in [-0.2, 0) is 0 Å². The van der Waals surface area contributed by atoms with Crippen LogP contribution in [0.1, 0.15) is 13.8 Å². The fourth-order valence-electron chi connectivity index (χ4n) is 1.49. The minimum atomic E-state index is 0.434. The molecular weight excluding hydrogens is 224 g/mol. The average molecular weight is 248 g/mol. The first-order valence-corrected chi connectivity index (χ1v) is 8.09. The number of hydrogen-bond acceptors (Lipinski definition) is 4. The molecule has 1 saturated heterocycles. The van der Waals surface area contributed by atoms with E-state index in [9.17, 15) is 0 Å². The van der Waals surface area contributed by atoms with Crippen molar-refractivity contribution in [2.45, 2.75) is 13.8 Å². The zero-order valence-corrected chi connectivity index (χ0v) is 11.6. The van der Waals surface area contributed by atoms with E-state index >= 15 is 0 Å². The van der Waals surface area contributed by atoms with E-state index in [1.165, 1.54) is 23.0 Å². The second-order valence-corrected chi connectivity index (χ2v) is 7.09. The Morgan fingerprint density at radius 3 is 2.20 bits per heavy atom. The van der Waals surface area contributed by atoms with Crippen LogP contribution in [-0.4, -0.2) is 49.2 Å². The van der Waals surface area contributed by atoms with E-state index in [0.717, 1.165) is 26.2 Å². The molecule has 0 amide bonds. The third-order valence-corrected chi connectivity index (χ3v) is 4.83. The number of hydrogen-bond donors (Lipinski definition) is 2. The lowest BCUT2D eigenvalue weighted by atomic mass is 9.97. The van der Waals surface area contributed by atoms with Crippen LogP contribution in [0.4, 0.5) is 0 Å². The standard InChI is InChI=1S/C11H24N2S2/c1-11(2)9-13-5-7-14-6-3-12-4-8-15-10-11/h12-13H,3-10H2,1-2H3. The van der Waals surface area contributed by atoms with Crippen LogP contribution >= 0.6 is 23.5 Å². The van der Waals surface area contributed by atoms with E-state index in [1.807, 2.05) is 11.8 Å². The van der Waals surface area contributed by atoms with Gasteiger partial charge < -0.3 is 10.6 Å². The molecule has 1 rings (SSSR count). The van der Waals surface area contributed by atoms with Gasteiger partial charge >= 0.3 is 0 Å². The van der Waals surface area contributed by atoms with E-state index in [1.54, 1.807) is 0 Å². The Labute approximate surface area is 103 Å². The van der Waals surface area contributed by atoms with Crippen molar-refractivity contribution in [2.75, 3.05) is 49.2 Å². The molecule has 0 radical (unpaired) electrons. The van der Waals surface area contributed by atoms with Crippen LogP contribution in [0, 0.1) is 5.41 Å².